The lowest BCUT2D eigenvalue weighted by Gasteiger charge is -2.08. The number of hydrogen-bond acceptors (Lipinski definition) is 3. The van der Waals surface area contributed by atoms with Gasteiger partial charge >= 0.3 is 5.97 Å². The topological polar surface area (TPSA) is 66.8 Å². The predicted octanol–water partition coefficient (Wildman–Crippen LogP) is 2.94. The zero-order chi connectivity index (χ0) is 12.1. The number of phenolic OH excluding ortho intramolecular Hbond substituents is 1. The highest BCUT2D eigenvalue weighted by Crippen LogP contribution is 2.36. The Morgan fingerprint density at radius 1 is 1.38 bits per heavy atom. The molecule has 0 aliphatic heterocycles. The monoisotopic (exact) mass is 264 g/mol. The van der Waals surface area contributed by atoms with Crippen LogP contribution in [0.1, 0.15) is 12.8 Å². The van der Waals surface area contributed by atoms with Crippen LogP contribution in [0.3, 0.4) is 0 Å². The maximum Gasteiger partial charge on any atom is 0.303 e. The summed E-state index contributed by atoms with van der Waals surface area (Å²) >= 11 is 11.4. The van der Waals surface area contributed by atoms with E-state index in [2.05, 4.69) is 0 Å². The van der Waals surface area contributed by atoms with Crippen molar-refractivity contribution in [3.8, 4) is 11.5 Å². The maximum atomic E-state index is 10.2. The van der Waals surface area contributed by atoms with Crippen LogP contribution in [0.4, 0.5) is 0 Å². The van der Waals surface area contributed by atoms with Gasteiger partial charge in [-0.25, -0.2) is 0 Å². The molecule has 0 fully saturated rings. The average molecular weight is 265 g/mol. The largest absolute Gasteiger partial charge is 0.503 e. The van der Waals surface area contributed by atoms with E-state index >= 15 is 0 Å². The third kappa shape index (κ3) is 3.79. The molecule has 0 radical (unpaired) electrons. The first kappa shape index (κ1) is 12.9. The van der Waals surface area contributed by atoms with E-state index in [1.54, 1.807) is 0 Å². The Balaban J connectivity index is 2.57. The van der Waals surface area contributed by atoms with Crippen LogP contribution in [-0.4, -0.2) is 22.8 Å². The number of aliphatic carboxylic acids is 1. The average Bonchev–Trinajstić information content (AvgIpc) is 2.19. The highest BCUT2D eigenvalue weighted by molar-refractivity contribution is 6.35. The van der Waals surface area contributed by atoms with Crippen molar-refractivity contribution in [3.05, 3.63) is 22.2 Å². The quantitative estimate of drug-likeness (QED) is 0.803. The SMILES string of the molecule is O=C(O)CCCOc1cc(Cl)cc(Cl)c1O. The lowest BCUT2D eigenvalue weighted by molar-refractivity contribution is -0.137. The fraction of sp³-hybridized carbons (Fsp3) is 0.300. The van der Waals surface area contributed by atoms with Crippen molar-refractivity contribution in [2.24, 2.45) is 0 Å². The van der Waals surface area contributed by atoms with E-state index in [0.29, 0.717) is 11.4 Å². The van der Waals surface area contributed by atoms with E-state index in [4.69, 9.17) is 33.0 Å². The Kier molecular flexibility index (Phi) is 4.71. The van der Waals surface area contributed by atoms with E-state index in [1.165, 1.54) is 12.1 Å². The second-order valence-corrected chi connectivity index (χ2v) is 3.92. The van der Waals surface area contributed by atoms with Crippen LogP contribution in [0.15, 0.2) is 12.1 Å². The Bertz CT molecular complexity index is 393. The van der Waals surface area contributed by atoms with Gasteiger partial charge < -0.3 is 14.9 Å². The molecule has 1 rings (SSSR count). The molecular formula is C10H10Cl2O4. The first-order valence-corrected chi connectivity index (χ1v) is 5.29. The molecule has 6 heteroatoms. The molecule has 1 aromatic rings. The molecule has 0 aromatic heterocycles. The minimum absolute atomic E-state index is 0.00899. The van der Waals surface area contributed by atoms with E-state index < -0.39 is 5.97 Å². The van der Waals surface area contributed by atoms with Gasteiger partial charge in [0.05, 0.1) is 11.6 Å². The van der Waals surface area contributed by atoms with Crippen molar-refractivity contribution in [1.82, 2.24) is 0 Å². The lowest BCUT2D eigenvalue weighted by Crippen LogP contribution is -2.02. The third-order valence-electron chi connectivity index (χ3n) is 1.79. The Hall–Kier alpha value is -1.13. The molecule has 0 unspecified atom stereocenters. The van der Waals surface area contributed by atoms with Crippen LogP contribution in [0, 0.1) is 0 Å². The number of ether oxygens (including phenoxy) is 1. The van der Waals surface area contributed by atoms with Gasteiger partial charge in [-0.3, -0.25) is 4.79 Å². The molecule has 0 spiro atoms. The van der Waals surface area contributed by atoms with Crippen LogP contribution in [0.2, 0.25) is 10.0 Å². The first-order chi connectivity index (χ1) is 7.50. The van der Waals surface area contributed by atoms with Crippen molar-refractivity contribution in [2.75, 3.05) is 6.61 Å². The summed E-state index contributed by atoms with van der Waals surface area (Å²) in [7, 11) is 0. The number of carbonyl (C=O) groups is 1. The molecule has 0 saturated carbocycles. The summed E-state index contributed by atoms with van der Waals surface area (Å²) in [6.45, 7) is 0.177. The van der Waals surface area contributed by atoms with Crippen LogP contribution >= 0.6 is 23.2 Å². The van der Waals surface area contributed by atoms with Crippen LogP contribution in [-0.2, 0) is 4.79 Å². The van der Waals surface area contributed by atoms with E-state index in [9.17, 15) is 9.90 Å². The normalized spacial score (nSPS) is 10.1. The molecule has 0 aliphatic rings. The van der Waals surface area contributed by atoms with Gasteiger partial charge in [0.25, 0.3) is 0 Å². The van der Waals surface area contributed by atoms with Crippen LogP contribution in [0.5, 0.6) is 11.5 Å². The summed E-state index contributed by atoms with van der Waals surface area (Å²) in [5, 5.41) is 18.3. The standard InChI is InChI=1S/C10H10Cl2O4/c11-6-4-7(12)10(15)8(5-6)16-3-1-2-9(13)14/h4-5,15H,1-3H2,(H,13,14). The van der Waals surface area contributed by atoms with Gasteiger partial charge in [-0.15, -0.1) is 0 Å². The molecule has 4 nitrogen and oxygen atoms in total. The molecule has 0 saturated heterocycles. The second kappa shape index (κ2) is 5.82. The number of hydrogen-bond donors (Lipinski definition) is 2. The van der Waals surface area contributed by atoms with Gasteiger partial charge in [-0.2, -0.15) is 0 Å². The minimum Gasteiger partial charge on any atom is -0.503 e. The number of carboxylic acid groups (broad SMARTS) is 1. The van der Waals surface area contributed by atoms with Gasteiger partial charge in [0, 0.05) is 17.5 Å². The van der Waals surface area contributed by atoms with Crippen LogP contribution in [0.25, 0.3) is 0 Å². The van der Waals surface area contributed by atoms with Crippen molar-refractivity contribution in [1.29, 1.82) is 0 Å². The molecule has 88 valence electrons. The number of halogens is 2. The minimum atomic E-state index is -0.892. The molecular weight excluding hydrogens is 255 g/mol. The number of rotatable bonds is 5. The van der Waals surface area contributed by atoms with Gasteiger partial charge in [0.15, 0.2) is 11.5 Å². The highest BCUT2D eigenvalue weighted by atomic mass is 35.5. The molecule has 16 heavy (non-hydrogen) atoms. The number of aromatic hydroxyl groups is 1. The van der Waals surface area contributed by atoms with Crippen molar-refractivity contribution in [3.63, 3.8) is 0 Å². The second-order valence-electron chi connectivity index (χ2n) is 3.08. The molecule has 1 aromatic carbocycles. The summed E-state index contributed by atoms with van der Waals surface area (Å²) in [4.78, 5) is 10.2. The Morgan fingerprint density at radius 2 is 2.06 bits per heavy atom. The molecule has 0 aliphatic carbocycles. The zero-order valence-corrected chi connectivity index (χ0v) is 9.75. The lowest BCUT2D eigenvalue weighted by atomic mass is 10.3. The van der Waals surface area contributed by atoms with Gasteiger partial charge in [0.1, 0.15) is 0 Å². The summed E-state index contributed by atoms with van der Waals surface area (Å²) in [6.07, 6.45) is 0.355. The van der Waals surface area contributed by atoms with Crippen molar-refractivity contribution < 1.29 is 19.7 Å². The summed E-state index contributed by atoms with van der Waals surface area (Å²) in [5.74, 6) is -0.929. The fourth-order valence-electron chi connectivity index (χ4n) is 1.06. The summed E-state index contributed by atoms with van der Waals surface area (Å²) in [6, 6.07) is 2.81. The molecule has 0 atom stereocenters. The number of phenols is 1. The smallest absolute Gasteiger partial charge is 0.303 e. The third-order valence-corrected chi connectivity index (χ3v) is 2.29. The first-order valence-electron chi connectivity index (χ1n) is 4.53. The molecule has 0 amide bonds. The van der Waals surface area contributed by atoms with Crippen molar-refractivity contribution >= 4 is 29.2 Å². The summed E-state index contributed by atoms with van der Waals surface area (Å²) in [5.41, 5.74) is 0. The summed E-state index contributed by atoms with van der Waals surface area (Å²) < 4.78 is 5.17. The zero-order valence-electron chi connectivity index (χ0n) is 8.24. The Labute approximate surface area is 102 Å². The molecule has 0 heterocycles. The fourth-order valence-corrected chi connectivity index (χ4v) is 1.53. The van der Waals surface area contributed by atoms with E-state index in [0.717, 1.165) is 0 Å². The van der Waals surface area contributed by atoms with Crippen LogP contribution < -0.4 is 4.74 Å². The molecule has 2 N–H and O–H groups in total. The van der Waals surface area contributed by atoms with Gasteiger partial charge in [0.2, 0.25) is 0 Å². The van der Waals surface area contributed by atoms with E-state index in [-0.39, 0.29) is 29.5 Å². The number of benzene rings is 1. The predicted molar refractivity (Wildman–Crippen MR) is 60.5 cm³/mol. The van der Waals surface area contributed by atoms with Gasteiger partial charge in [-0.05, 0) is 12.5 Å². The van der Waals surface area contributed by atoms with Gasteiger partial charge in [-0.1, -0.05) is 23.2 Å². The maximum absolute atomic E-state index is 10.2. The van der Waals surface area contributed by atoms with E-state index in [1.807, 2.05) is 0 Å². The molecule has 0 bridgehead atoms. The Morgan fingerprint density at radius 3 is 2.69 bits per heavy atom. The highest BCUT2D eigenvalue weighted by Gasteiger charge is 2.09. The van der Waals surface area contributed by atoms with Crippen molar-refractivity contribution in [2.45, 2.75) is 12.8 Å². The number of carboxylic acids is 1.